The van der Waals surface area contributed by atoms with Crippen LogP contribution in [0.4, 0.5) is 0 Å². The predicted octanol–water partition coefficient (Wildman–Crippen LogP) is 4.76. The zero-order valence-electron chi connectivity index (χ0n) is 10.7. The lowest BCUT2D eigenvalue weighted by Gasteiger charge is -2.17. The molecular weight excluding hydrogens is 310 g/mol. The van der Waals surface area contributed by atoms with Crippen LogP contribution in [0.25, 0.3) is 0 Å². The highest BCUT2D eigenvalue weighted by Crippen LogP contribution is 2.34. The summed E-state index contributed by atoms with van der Waals surface area (Å²) in [6.07, 6.45) is 3.91. The Bertz CT molecular complexity index is 491. The van der Waals surface area contributed by atoms with Crippen LogP contribution < -0.4 is 5.32 Å². The minimum absolute atomic E-state index is 0.157. The fourth-order valence-corrected chi connectivity index (χ4v) is 3.50. The number of furan rings is 1. The second-order valence-corrected chi connectivity index (χ2v) is 5.99. The van der Waals surface area contributed by atoms with Gasteiger partial charge in [0.1, 0.15) is 11.8 Å². The Morgan fingerprint density at radius 3 is 2.83 bits per heavy atom. The van der Waals surface area contributed by atoms with Crippen LogP contribution in [0.5, 0.6) is 0 Å². The number of hydrogen-bond acceptors (Lipinski definition) is 3. The van der Waals surface area contributed by atoms with Crippen LogP contribution in [0.1, 0.15) is 42.5 Å². The van der Waals surface area contributed by atoms with Crippen LogP contribution >= 0.6 is 27.3 Å². The Morgan fingerprint density at radius 1 is 1.39 bits per heavy atom. The van der Waals surface area contributed by atoms with Crippen molar-refractivity contribution in [1.29, 1.82) is 0 Å². The molecule has 0 amide bonds. The van der Waals surface area contributed by atoms with Gasteiger partial charge in [-0.2, -0.15) is 0 Å². The van der Waals surface area contributed by atoms with Gasteiger partial charge < -0.3 is 9.73 Å². The molecule has 18 heavy (non-hydrogen) atoms. The average molecular weight is 328 g/mol. The van der Waals surface area contributed by atoms with Gasteiger partial charge in [-0.25, -0.2) is 0 Å². The summed E-state index contributed by atoms with van der Waals surface area (Å²) in [5.41, 5.74) is 1.40. The lowest BCUT2D eigenvalue weighted by Crippen LogP contribution is -2.23. The molecule has 0 fully saturated rings. The highest BCUT2D eigenvalue weighted by atomic mass is 79.9. The Balaban J connectivity index is 2.34. The summed E-state index contributed by atoms with van der Waals surface area (Å²) in [4.78, 5) is 1.36. The van der Waals surface area contributed by atoms with Crippen LogP contribution in [-0.4, -0.2) is 6.54 Å². The Hall–Kier alpha value is -0.580. The molecule has 1 atom stereocenters. The molecule has 2 nitrogen and oxygen atoms in total. The van der Waals surface area contributed by atoms with E-state index in [-0.39, 0.29) is 6.04 Å². The van der Waals surface area contributed by atoms with Crippen LogP contribution in [0.2, 0.25) is 0 Å². The summed E-state index contributed by atoms with van der Waals surface area (Å²) in [5, 5.41) is 5.73. The molecule has 1 unspecified atom stereocenters. The minimum Gasteiger partial charge on any atom is -0.466 e. The van der Waals surface area contributed by atoms with Gasteiger partial charge in [-0.15, -0.1) is 11.3 Å². The van der Waals surface area contributed by atoms with E-state index >= 15 is 0 Å². The van der Waals surface area contributed by atoms with Crippen molar-refractivity contribution in [2.45, 2.75) is 32.7 Å². The van der Waals surface area contributed by atoms with Gasteiger partial charge in [-0.1, -0.05) is 13.8 Å². The van der Waals surface area contributed by atoms with E-state index in [2.05, 4.69) is 46.5 Å². The van der Waals surface area contributed by atoms with Gasteiger partial charge in [0, 0.05) is 4.88 Å². The van der Waals surface area contributed by atoms with Crippen LogP contribution in [0, 0.1) is 0 Å². The van der Waals surface area contributed by atoms with Gasteiger partial charge >= 0.3 is 0 Å². The maximum atomic E-state index is 5.64. The van der Waals surface area contributed by atoms with Gasteiger partial charge in [0.2, 0.25) is 0 Å². The third-order valence-corrected chi connectivity index (χ3v) is 4.61. The van der Waals surface area contributed by atoms with E-state index < -0.39 is 0 Å². The number of nitrogens with one attached hydrogen (secondary N) is 1. The van der Waals surface area contributed by atoms with Gasteiger partial charge in [0.15, 0.2) is 0 Å². The van der Waals surface area contributed by atoms with Crippen molar-refractivity contribution in [3.8, 4) is 0 Å². The molecule has 0 aliphatic rings. The molecule has 2 rings (SSSR count). The molecular formula is C14H18BrNOS. The predicted molar refractivity (Wildman–Crippen MR) is 80.2 cm³/mol. The van der Waals surface area contributed by atoms with Crippen molar-refractivity contribution in [2.24, 2.45) is 0 Å². The summed E-state index contributed by atoms with van der Waals surface area (Å²) in [6.45, 7) is 5.36. The first-order chi connectivity index (χ1) is 8.77. The summed E-state index contributed by atoms with van der Waals surface area (Å²) in [7, 11) is 0. The van der Waals surface area contributed by atoms with Gasteiger partial charge in [-0.3, -0.25) is 0 Å². The molecule has 1 N–H and O–H groups in total. The monoisotopic (exact) mass is 327 g/mol. The number of aryl methyl sites for hydroxylation is 1. The van der Waals surface area contributed by atoms with Gasteiger partial charge in [0.25, 0.3) is 0 Å². The first-order valence-electron chi connectivity index (χ1n) is 6.30. The summed E-state index contributed by atoms with van der Waals surface area (Å²) in [6, 6.07) is 4.32. The quantitative estimate of drug-likeness (QED) is 0.827. The smallest absolute Gasteiger partial charge is 0.140 e. The molecule has 0 spiro atoms. The molecule has 0 saturated heterocycles. The Kier molecular flexibility index (Phi) is 5.03. The Morgan fingerprint density at radius 2 is 2.22 bits per heavy atom. The fraction of sp³-hybridized carbons (Fsp3) is 0.429. The fourth-order valence-electron chi connectivity index (χ4n) is 2.00. The largest absolute Gasteiger partial charge is 0.466 e. The average Bonchev–Trinajstić information content (AvgIpc) is 2.99. The molecule has 0 aliphatic heterocycles. The van der Waals surface area contributed by atoms with E-state index in [0.717, 1.165) is 29.6 Å². The second kappa shape index (κ2) is 6.55. The van der Waals surface area contributed by atoms with Crippen molar-refractivity contribution < 1.29 is 4.42 Å². The van der Waals surface area contributed by atoms with E-state index in [1.807, 2.05) is 6.07 Å². The molecule has 0 bridgehead atoms. The molecule has 98 valence electrons. The SMILES string of the molecule is CCCNC(c1occc1Br)c1sccc1CC. The van der Waals surface area contributed by atoms with Crippen molar-refractivity contribution >= 4 is 27.3 Å². The molecule has 0 aromatic carbocycles. The van der Waals surface area contributed by atoms with Crippen LogP contribution in [0.3, 0.4) is 0 Å². The minimum atomic E-state index is 0.157. The molecule has 2 aromatic rings. The van der Waals surface area contributed by atoms with E-state index in [1.165, 1.54) is 10.4 Å². The standard InChI is InChI=1S/C14H18BrNOS/c1-3-7-16-12(13-11(15)5-8-17-13)14-10(4-2)6-9-18-14/h5-6,8-9,12,16H,3-4,7H2,1-2H3. The maximum Gasteiger partial charge on any atom is 0.140 e. The van der Waals surface area contributed by atoms with E-state index in [0.29, 0.717) is 0 Å². The summed E-state index contributed by atoms with van der Waals surface area (Å²) >= 11 is 5.36. The third kappa shape index (κ3) is 2.87. The molecule has 0 radical (unpaired) electrons. The van der Waals surface area contributed by atoms with E-state index in [1.54, 1.807) is 17.6 Å². The van der Waals surface area contributed by atoms with Gasteiger partial charge in [-0.05, 0) is 58.4 Å². The van der Waals surface area contributed by atoms with E-state index in [4.69, 9.17) is 4.42 Å². The number of rotatable bonds is 6. The van der Waals surface area contributed by atoms with Gasteiger partial charge in [0.05, 0.1) is 10.7 Å². The van der Waals surface area contributed by atoms with Crippen molar-refractivity contribution in [1.82, 2.24) is 5.32 Å². The summed E-state index contributed by atoms with van der Waals surface area (Å²) < 4.78 is 6.68. The highest BCUT2D eigenvalue weighted by molar-refractivity contribution is 9.10. The topological polar surface area (TPSA) is 25.2 Å². The zero-order chi connectivity index (χ0) is 13.0. The number of halogens is 1. The Labute approximate surface area is 121 Å². The molecule has 2 heterocycles. The van der Waals surface area contributed by atoms with Crippen molar-refractivity contribution in [3.63, 3.8) is 0 Å². The number of hydrogen-bond donors (Lipinski definition) is 1. The second-order valence-electron chi connectivity index (χ2n) is 4.18. The first kappa shape index (κ1) is 13.8. The zero-order valence-corrected chi connectivity index (χ0v) is 13.1. The number of thiophene rings is 1. The van der Waals surface area contributed by atoms with Crippen molar-refractivity contribution in [2.75, 3.05) is 6.54 Å². The third-order valence-electron chi connectivity index (χ3n) is 2.93. The highest BCUT2D eigenvalue weighted by Gasteiger charge is 2.22. The first-order valence-corrected chi connectivity index (χ1v) is 7.97. The molecule has 2 aromatic heterocycles. The van der Waals surface area contributed by atoms with Crippen LogP contribution in [-0.2, 0) is 6.42 Å². The van der Waals surface area contributed by atoms with Crippen molar-refractivity contribution in [3.05, 3.63) is 44.4 Å². The summed E-state index contributed by atoms with van der Waals surface area (Å²) in [5.74, 6) is 0.973. The van der Waals surface area contributed by atoms with E-state index in [9.17, 15) is 0 Å². The normalized spacial score (nSPS) is 12.8. The lowest BCUT2D eigenvalue weighted by molar-refractivity contribution is 0.446. The lowest BCUT2D eigenvalue weighted by atomic mass is 10.1. The molecule has 0 aliphatic carbocycles. The van der Waals surface area contributed by atoms with Crippen LogP contribution in [0.15, 0.2) is 32.7 Å². The maximum absolute atomic E-state index is 5.64. The molecule has 4 heteroatoms. The molecule has 0 saturated carbocycles.